The summed E-state index contributed by atoms with van der Waals surface area (Å²) in [6.07, 6.45) is 1.72. The van der Waals surface area contributed by atoms with E-state index in [-0.39, 0.29) is 5.91 Å². The van der Waals surface area contributed by atoms with Gasteiger partial charge in [-0.3, -0.25) is 4.79 Å². The van der Waals surface area contributed by atoms with E-state index >= 15 is 0 Å². The SMILES string of the molecule is Cn1c(C(=O)N2CCNCC2)cc2cc(Oc3ccc(NCc4ccc(Cl)c(Cl)c4)cn3)ccc21. The van der Waals surface area contributed by atoms with E-state index < -0.39 is 0 Å². The molecule has 0 spiro atoms. The third kappa shape index (κ3) is 5.22. The standard InChI is InChI=1S/C26H25Cl2N5O2/c1-32-23-6-4-20(13-18(23)14-24(32)26(34)33-10-8-29-9-11-33)35-25-7-3-19(16-31-25)30-15-17-2-5-21(27)22(28)12-17/h2-7,12-14,16,29-30H,8-11,15H2,1H3. The lowest BCUT2D eigenvalue weighted by molar-refractivity contribution is 0.0726. The minimum Gasteiger partial charge on any atom is -0.439 e. The highest BCUT2D eigenvalue weighted by molar-refractivity contribution is 6.42. The zero-order valence-corrected chi connectivity index (χ0v) is 20.7. The second-order valence-electron chi connectivity index (χ2n) is 8.44. The molecule has 2 aromatic heterocycles. The van der Waals surface area contributed by atoms with E-state index in [1.54, 1.807) is 12.3 Å². The zero-order chi connectivity index (χ0) is 24.4. The number of fused-ring (bicyclic) bond motifs is 1. The average molecular weight is 510 g/mol. The van der Waals surface area contributed by atoms with Gasteiger partial charge in [0.25, 0.3) is 5.91 Å². The molecule has 1 aliphatic heterocycles. The molecule has 1 fully saturated rings. The largest absolute Gasteiger partial charge is 0.439 e. The number of aromatic nitrogens is 2. The molecule has 2 N–H and O–H groups in total. The summed E-state index contributed by atoms with van der Waals surface area (Å²) in [7, 11) is 1.92. The number of nitrogens with one attached hydrogen (secondary N) is 2. The van der Waals surface area contributed by atoms with Gasteiger partial charge in [-0.25, -0.2) is 4.98 Å². The Kier molecular flexibility index (Phi) is 6.81. The normalized spacial score (nSPS) is 13.7. The van der Waals surface area contributed by atoms with Gasteiger partial charge < -0.3 is 24.8 Å². The number of benzene rings is 2. The van der Waals surface area contributed by atoms with Crippen molar-refractivity contribution < 1.29 is 9.53 Å². The van der Waals surface area contributed by atoms with Crippen molar-refractivity contribution in [2.75, 3.05) is 31.5 Å². The number of carbonyl (C=O) groups is 1. The van der Waals surface area contributed by atoms with Gasteiger partial charge in [0.15, 0.2) is 0 Å². The van der Waals surface area contributed by atoms with Crippen LogP contribution in [0.5, 0.6) is 11.6 Å². The van der Waals surface area contributed by atoms with Gasteiger partial charge in [0.1, 0.15) is 11.4 Å². The van der Waals surface area contributed by atoms with Gasteiger partial charge in [-0.15, -0.1) is 0 Å². The lowest BCUT2D eigenvalue weighted by Crippen LogP contribution is -2.46. The number of anilines is 1. The minimum absolute atomic E-state index is 0.0540. The fraction of sp³-hybridized carbons (Fsp3) is 0.231. The summed E-state index contributed by atoms with van der Waals surface area (Å²) in [5.41, 5.74) is 3.53. The van der Waals surface area contributed by atoms with E-state index in [4.69, 9.17) is 27.9 Å². The Morgan fingerprint density at radius 3 is 2.63 bits per heavy atom. The summed E-state index contributed by atoms with van der Waals surface area (Å²) in [6.45, 7) is 3.69. The third-order valence-electron chi connectivity index (χ3n) is 6.08. The van der Waals surface area contributed by atoms with Crippen LogP contribution < -0.4 is 15.4 Å². The molecular formula is C26H25Cl2N5O2. The van der Waals surface area contributed by atoms with Crippen molar-refractivity contribution in [1.29, 1.82) is 0 Å². The van der Waals surface area contributed by atoms with Gasteiger partial charge in [-0.05, 0) is 48.0 Å². The maximum atomic E-state index is 13.0. The number of pyridine rings is 1. The first-order valence-electron chi connectivity index (χ1n) is 11.4. The number of piperazine rings is 1. The van der Waals surface area contributed by atoms with Gasteiger partial charge >= 0.3 is 0 Å². The number of hydrogen-bond donors (Lipinski definition) is 2. The summed E-state index contributed by atoms with van der Waals surface area (Å²) >= 11 is 12.1. The van der Waals surface area contributed by atoms with Crippen molar-refractivity contribution in [3.63, 3.8) is 0 Å². The van der Waals surface area contributed by atoms with Crippen LogP contribution in [0, 0.1) is 0 Å². The first-order chi connectivity index (χ1) is 17.0. The molecule has 1 saturated heterocycles. The molecule has 1 aliphatic rings. The Hall–Kier alpha value is -3.26. The monoisotopic (exact) mass is 509 g/mol. The van der Waals surface area contributed by atoms with Crippen LogP contribution in [0.4, 0.5) is 5.69 Å². The van der Waals surface area contributed by atoms with Crippen LogP contribution in [-0.4, -0.2) is 46.5 Å². The highest BCUT2D eigenvalue weighted by Gasteiger charge is 2.21. The topological polar surface area (TPSA) is 71.4 Å². The van der Waals surface area contributed by atoms with Gasteiger partial charge in [0.2, 0.25) is 5.88 Å². The molecule has 0 aliphatic carbocycles. The third-order valence-corrected chi connectivity index (χ3v) is 6.82. The number of amides is 1. The molecule has 0 bridgehead atoms. The van der Waals surface area contributed by atoms with Gasteiger partial charge in [-0.1, -0.05) is 29.3 Å². The number of nitrogens with zero attached hydrogens (tertiary/aromatic N) is 3. The van der Waals surface area contributed by atoms with Crippen LogP contribution in [0.15, 0.2) is 60.8 Å². The molecule has 3 heterocycles. The molecule has 9 heteroatoms. The van der Waals surface area contributed by atoms with Gasteiger partial charge in [0.05, 0.1) is 21.9 Å². The van der Waals surface area contributed by atoms with Crippen LogP contribution in [0.2, 0.25) is 10.0 Å². The van der Waals surface area contributed by atoms with E-state index in [0.29, 0.717) is 33.9 Å². The minimum atomic E-state index is 0.0540. The van der Waals surface area contributed by atoms with Crippen molar-refractivity contribution >= 4 is 45.7 Å². The quantitative estimate of drug-likeness (QED) is 0.367. The molecule has 7 nitrogen and oxygen atoms in total. The Bertz CT molecular complexity index is 1360. The number of halogens is 2. The molecule has 5 rings (SSSR count). The summed E-state index contributed by atoms with van der Waals surface area (Å²) in [6, 6.07) is 17.0. The summed E-state index contributed by atoms with van der Waals surface area (Å²) in [5, 5.41) is 8.60. The number of rotatable bonds is 6. The summed E-state index contributed by atoms with van der Waals surface area (Å²) in [4.78, 5) is 19.3. The lowest BCUT2D eigenvalue weighted by Gasteiger charge is -2.27. The first kappa shape index (κ1) is 23.5. The fourth-order valence-electron chi connectivity index (χ4n) is 4.15. The van der Waals surface area contributed by atoms with Crippen LogP contribution in [0.25, 0.3) is 10.9 Å². The molecule has 180 valence electrons. The molecule has 4 aromatic rings. The maximum Gasteiger partial charge on any atom is 0.270 e. The molecule has 2 aromatic carbocycles. The smallest absolute Gasteiger partial charge is 0.270 e. The summed E-state index contributed by atoms with van der Waals surface area (Å²) < 4.78 is 7.92. The number of hydrogen-bond acceptors (Lipinski definition) is 5. The summed E-state index contributed by atoms with van der Waals surface area (Å²) in [5.74, 6) is 1.20. The maximum absolute atomic E-state index is 13.0. The van der Waals surface area contributed by atoms with Crippen molar-refractivity contribution in [3.05, 3.63) is 82.1 Å². The number of ether oxygens (including phenoxy) is 1. The van der Waals surface area contributed by atoms with Crippen molar-refractivity contribution in [2.45, 2.75) is 6.54 Å². The highest BCUT2D eigenvalue weighted by atomic mass is 35.5. The Labute approximate surface area is 213 Å². The van der Waals surface area contributed by atoms with Gasteiger partial charge in [-0.2, -0.15) is 0 Å². The fourth-order valence-corrected chi connectivity index (χ4v) is 4.47. The Morgan fingerprint density at radius 1 is 1.06 bits per heavy atom. The van der Waals surface area contributed by atoms with Crippen molar-refractivity contribution in [3.8, 4) is 11.6 Å². The van der Waals surface area contributed by atoms with Crippen LogP contribution >= 0.6 is 23.2 Å². The van der Waals surface area contributed by atoms with Crippen LogP contribution in [0.3, 0.4) is 0 Å². The first-order valence-corrected chi connectivity index (χ1v) is 12.1. The second-order valence-corrected chi connectivity index (χ2v) is 9.26. The molecular weight excluding hydrogens is 485 g/mol. The Balaban J connectivity index is 1.25. The van der Waals surface area contributed by atoms with Crippen LogP contribution in [0.1, 0.15) is 16.1 Å². The number of aryl methyl sites for hydroxylation is 1. The lowest BCUT2D eigenvalue weighted by atomic mass is 10.2. The van der Waals surface area contributed by atoms with E-state index in [1.807, 2.05) is 65.0 Å². The van der Waals surface area contributed by atoms with Crippen LogP contribution in [-0.2, 0) is 13.6 Å². The van der Waals surface area contributed by atoms with E-state index in [1.165, 1.54) is 0 Å². The molecule has 0 unspecified atom stereocenters. The van der Waals surface area contributed by atoms with E-state index in [2.05, 4.69) is 15.6 Å². The molecule has 1 amide bonds. The molecule has 0 saturated carbocycles. The highest BCUT2D eigenvalue weighted by Crippen LogP contribution is 2.28. The van der Waals surface area contributed by atoms with Crippen molar-refractivity contribution in [2.24, 2.45) is 7.05 Å². The van der Waals surface area contributed by atoms with E-state index in [0.717, 1.165) is 48.3 Å². The molecule has 35 heavy (non-hydrogen) atoms. The Morgan fingerprint density at radius 2 is 1.89 bits per heavy atom. The molecule has 0 atom stereocenters. The van der Waals surface area contributed by atoms with Gasteiger partial charge in [0, 0.05) is 56.7 Å². The second kappa shape index (κ2) is 10.2. The van der Waals surface area contributed by atoms with Crippen molar-refractivity contribution in [1.82, 2.24) is 19.8 Å². The van der Waals surface area contributed by atoms with E-state index in [9.17, 15) is 4.79 Å². The average Bonchev–Trinajstić information content (AvgIpc) is 3.21. The predicted octanol–water partition coefficient (Wildman–Crippen LogP) is 5.33. The number of carbonyl (C=O) groups excluding carboxylic acids is 1. The predicted molar refractivity (Wildman–Crippen MR) is 140 cm³/mol. The molecule has 0 radical (unpaired) electrons. The zero-order valence-electron chi connectivity index (χ0n) is 19.2.